The molecule has 8 heteroatoms. The summed E-state index contributed by atoms with van der Waals surface area (Å²) >= 11 is 0. The number of carbonyl (C=O) groups excluding carboxylic acids is 1. The standard InChI is InChI=1S/C23H21N7O/c1-14-16-13-29(27-14)10-5-7-20(31)28(2)23-22(30-11-4-3-6-19(30)26-23)18-12-24-17-9-8-15(16)21(17)25-18/h3-4,6,8,11-13H,5,7,9-10H2,1-2H3. The van der Waals surface area contributed by atoms with Crippen molar-refractivity contribution in [3.63, 3.8) is 0 Å². The van der Waals surface area contributed by atoms with Crippen LogP contribution in [0.25, 0.3) is 22.6 Å². The van der Waals surface area contributed by atoms with Crippen LogP contribution in [0.1, 0.15) is 35.5 Å². The van der Waals surface area contributed by atoms with Crippen LogP contribution in [0.4, 0.5) is 5.82 Å². The topological polar surface area (TPSA) is 81.2 Å². The molecule has 0 saturated heterocycles. The lowest BCUT2D eigenvalue weighted by atomic mass is 10.1. The number of hydrogen-bond acceptors (Lipinski definition) is 5. The van der Waals surface area contributed by atoms with Gasteiger partial charge in [-0.05, 0) is 25.5 Å². The number of anilines is 1. The third-order valence-corrected chi connectivity index (χ3v) is 6.06. The van der Waals surface area contributed by atoms with Gasteiger partial charge in [0.05, 0.1) is 23.3 Å². The van der Waals surface area contributed by atoms with E-state index < -0.39 is 0 Å². The summed E-state index contributed by atoms with van der Waals surface area (Å²) in [7, 11) is 1.78. The van der Waals surface area contributed by atoms with Gasteiger partial charge in [0.2, 0.25) is 5.91 Å². The minimum absolute atomic E-state index is 0.0144. The zero-order valence-corrected chi connectivity index (χ0v) is 17.4. The van der Waals surface area contributed by atoms with Crippen molar-refractivity contribution in [2.24, 2.45) is 0 Å². The van der Waals surface area contributed by atoms with Gasteiger partial charge in [0.25, 0.3) is 0 Å². The maximum Gasteiger partial charge on any atom is 0.228 e. The predicted molar refractivity (Wildman–Crippen MR) is 117 cm³/mol. The predicted octanol–water partition coefficient (Wildman–Crippen LogP) is 3.04. The third-order valence-electron chi connectivity index (χ3n) is 6.06. The Morgan fingerprint density at radius 2 is 2.06 bits per heavy atom. The molecule has 4 aromatic rings. The van der Waals surface area contributed by atoms with E-state index >= 15 is 0 Å². The number of hydrogen-bond donors (Lipinski definition) is 0. The summed E-state index contributed by atoms with van der Waals surface area (Å²) in [6.07, 6.45) is 9.85. The van der Waals surface area contributed by atoms with E-state index in [1.807, 2.05) is 40.4 Å². The smallest absolute Gasteiger partial charge is 0.228 e. The van der Waals surface area contributed by atoms with Gasteiger partial charge in [-0.15, -0.1) is 0 Å². The lowest BCUT2D eigenvalue weighted by Gasteiger charge is -2.17. The molecular formula is C23H21N7O. The number of pyridine rings is 1. The number of carbonyl (C=O) groups is 1. The van der Waals surface area contributed by atoms with Crippen molar-refractivity contribution in [3.8, 4) is 11.4 Å². The van der Waals surface area contributed by atoms with E-state index in [2.05, 4.69) is 17.4 Å². The molecule has 0 saturated carbocycles. The van der Waals surface area contributed by atoms with Crippen LogP contribution in [0.5, 0.6) is 0 Å². The van der Waals surface area contributed by atoms with Crippen molar-refractivity contribution < 1.29 is 4.79 Å². The maximum atomic E-state index is 13.0. The van der Waals surface area contributed by atoms with E-state index in [1.165, 1.54) is 0 Å². The Morgan fingerprint density at radius 3 is 2.97 bits per heavy atom. The zero-order chi connectivity index (χ0) is 21.1. The molecule has 0 spiro atoms. The minimum Gasteiger partial charge on any atom is -0.298 e. The lowest BCUT2D eigenvalue weighted by Crippen LogP contribution is -2.27. The van der Waals surface area contributed by atoms with Crippen molar-refractivity contribution in [3.05, 3.63) is 65.5 Å². The van der Waals surface area contributed by atoms with Crippen molar-refractivity contribution in [1.29, 1.82) is 0 Å². The molecule has 4 aromatic heterocycles. The number of imidazole rings is 1. The van der Waals surface area contributed by atoms with Gasteiger partial charge in [0.15, 0.2) is 5.82 Å². The second-order valence-electron chi connectivity index (χ2n) is 8.03. The van der Waals surface area contributed by atoms with Gasteiger partial charge in [0, 0.05) is 50.0 Å². The van der Waals surface area contributed by atoms with E-state index in [0.717, 1.165) is 46.0 Å². The molecule has 0 radical (unpaired) electrons. The fourth-order valence-corrected chi connectivity index (χ4v) is 4.46. The molecule has 1 aliphatic heterocycles. The van der Waals surface area contributed by atoms with E-state index in [1.54, 1.807) is 18.1 Å². The van der Waals surface area contributed by atoms with Gasteiger partial charge >= 0.3 is 0 Å². The number of nitrogens with zero attached hydrogens (tertiary/aromatic N) is 7. The molecule has 0 N–H and O–H groups in total. The highest BCUT2D eigenvalue weighted by Crippen LogP contribution is 2.36. The highest BCUT2D eigenvalue weighted by molar-refractivity contribution is 5.96. The Morgan fingerprint density at radius 1 is 1.16 bits per heavy atom. The Balaban J connectivity index is 1.63. The average Bonchev–Trinajstić information content (AvgIpc) is 3.46. The van der Waals surface area contributed by atoms with Crippen LogP contribution in [0.2, 0.25) is 0 Å². The summed E-state index contributed by atoms with van der Waals surface area (Å²) in [5.74, 6) is 0.612. The van der Waals surface area contributed by atoms with Gasteiger partial charge in [-0.25, -0.2) is 9.97 Å². The molecule has 6 rings (SSSR count). The summed E-state index contributed by atoms with van der Waals surface area (Å²) in [5.41, 5.74) is 7.18. The summed E-state index contributed by atoms with van der Waals surface area (Å²) in [4.78, 5) is 29.2. The Hall–Kier alpha value is -3.81. The van der Waals surface area contributed by atoms with Crippen LogP contribution >= 0.6 is 0 Å². The highest BCUT2D eigenvalue weighted by atomic mass is 16.2. The van der Waals surface area contributed by atoms with Gasteiger partial charge in [0.1, 0.15) is 17.0 Å². The second kappa shape index (κ2) is 6.60. The number of rotatable bonds is 0. The quantitative estimate of drug-likeness (QED) is 0.444. The summed E-state index contributed by atoms with van der Waals surface area (Å²) in [5, 5.41) is 4.66. The first-order valence-corrected chi connectivity index (χ1v) is 10.4. The van der Waals surface area contributed by atoms with Crippen LogP contribution in [0, 0.1) is 6.92 Å². The second-order valence-corrected chi connectivity index (χ2v) is 8.03. The lowest BCUT2D eigenvalue weighted by molar-refractivity contribution is -0.118. The van der Waals surface area contributed by atoms with E-state index in [-0.39, 0.29) is 5.91 Å². The van der Waals surface area contributed by atoms with Crippen LogP contribution in [-0.2, 0) is 17.8 Å². The molecule has 0 unspecified atom stereocenters. The monoisotopic (exact) mass is 411 g/mol. The molecule has 31 heavy (non-hydrogen) atoms. The van der Waals surface area contributed by atoms with Crippen LogP contribution < -0.4 is 4.90 Å². The van der Waals surface area contributed by atoms with Gasteiger partial charge < -0.3 is 0 Å². The van der Waals surface area contributed by atoms with E-state index in [4.69, 9.17) is 15.0 Å². The van der Waals surface area contributed by atoms with Crippen molar-refractivity contribution >= 4 is 22.9 Å². The van der Waals surface area contributed by atoms with Gasteiger partial charge in [-0.1, -0.05) is 12.1 Å². The van der Waals surface area contributed by atoms with Crippen molar-refractivity contribution in [2.75, 3.05) is 11.9 Å². The van der Waals surface area contributed by atoms with Crippen LogP contribution in [0.15, 0.2) is 42.9 Å². The number of aromatic nitrogens is 6. The fraction of sp³-hybridized carbons (Fsp3) is 0.261. The molecule has 5 heterocycles. The molecule has 8 nitrogen and oxygen atoms in total. The third kappa shape index (κ3) is 2.71. The normalized spacial score (nSPS) is 15.7. The molecule has 1 amide bonds. The minimum atomic E-state index is 0.0144. The Labute approximate surface area is 178 Å². The van der Waals surface area contributed by atoms with E-state index in [9.17, 15) is 4.79 Å². The van der Waals surface area contributed by atoms with Crippen molar-refractivity contribution in [2.45, 2.75) is 32.7 Å². The van der Waals surface area contributed by atoms with E-state index in [0.29, 0.717) is 30.9 Å². The first-order chi connectivity index (χ1) is 15.1. The molecule has 0 aromatic carbocycles. The average molecular weight is 411 g/mol. The molecule has 0 atom stereocenters. The molecule has 4 bridgehead atoms. The largest absolute Gasteiger partial charge is 0.298 e. The Kier molecular flexibility index (Phi) is 3.83. The van der Waals surface area contributed by atoms with Crippen LogP contribution in [-0.4, -0.2) is 42.1 Å². The molecule has 1 aliphatic carbocycles. The summed E-state index contributed by atoms with van der Waals surface area (Å²) < 4.78 is 3.90. The zero-order valence-electron chi connectivity index (χ0n) is 17.4. The molecular weight excluding hydrogens is 390 g/mol. The number of aryl methyl sites for hydroxylation is 2. The number of amides is 1. The van der Waals surface area contributed by atoms with Crippen molar-refractivity contribution in [1.82, 2.24) is 29.1 Å². The van der Waals surface area contributed by atoms with Gasteiger partial charge in [-0.2, -0.15) is 5.10 Å². The highest BCUT2D eigenvalue weighted by Gasteiger charge is 2.27. The van der Waals surface area contributed by atoms with Gasteiger partial charge in [-0.3, -0.25) is 23.8 Å². The maximum absolute atomic E-state index is 13.0. The first-order valence-electron chi connectivity index (χ1n) is 10.4. The molecule has 0 fully saturated rings. The molecule has 2 aliphatic rings. The first kappa shape index (κ1) is 18.0. The number of allylic oxidation sites excluding steroid dienone is 1. The fourth-order valence-electron chi connectivity index (χ4n) is 4.46. The summed E-state index contributed by atoms with van der Waals surface area (Å²) in [6, 6.07) is 5.82. The molecule has 154 valence electrons. The Bertz CT molecular complexity index is 1390. The van der Waals surface area contributed by atoms with Crippen LogP contribution in [0.3, 0.4) is 0 Å². The summed E-state index contributed by atoms with van der Waals surface area (Å²) in [6.45, 7) is 2.70. The number of fused-ring (bicyclic) bond motifs is 8. The SMILES string of the molecule is Cc1nn2cc1C1=CCc3ncc(nc31)-c1c(nc3ccccn13)N(C)C(=O)CCC2.